The van der Waals surface area contributed by atoms with Crippen molar-refractivity contribution in [1.82, 2.24) is 0 Å². The lowest BCUT2D eigenvalue weighted by Gasteiger charge is -2.15. The van der Waals surface area contributed by atoms with Gasteiger partial charge in [0.15, 0.2) is 0 Å². The highest BCUT2D eigenvalue weighted by atomic mass is 16.5. The van der Waals surface area contributed by atoms with Gasteiger partial charge in [0, 0.05) is 13.7 Å². The fourth-order valence-electron chi connectivity index (χ4n) is 1.66. The van der Waals surface area contributed by atoms with Crippen LogP contribution in [0.3, 0.4) is 0 Å². The Labute approximate surface area is 93.8 Å². The van der Waals surface area contributed by atoms with Crippen molar-refractivity contribution in [3.8, 4) is 0 Å². The molecule has 2 unspecified atom stereocenters. The van der Waals surface area contributed by atoms with Gasteiger partial charge >= 0.3 is 0 Å². The van der Waals surface area contributed by atoms with E-state index in [9.17, 15) is 5.11 Å². The third kappa shape index (κ3) is 10.2. The normalized spacial score (nSPS) is 15.2. The Morgan fingerprint density at radius 2 is 1.87 bits per heavy atom. The summed E-state index contributed by atoms with van der Waals surface area (Å²) in [6.45, 7) is 6.24. The van der Waals surface area contributed by atoms with E-state index in [4.69, 9.17) is 9.47 Å². The summed E-state index contributed by atoms with van der Waals surface area (Å²) in [5.74, 6) is 0.615. The van der Waals surface area contributed by atoms with Crippen LogP contribution in [0, 0.1) is 5.92 Å². The first-order chi connectivity index (χ1) is 7.20. The molecule has 0 spiro atoms. The van der Waals surface area contributed by atoms with E-state index in [0.717, 1.165) is 12.8 Å². The molecule has 2 atom stereocenters. The number of hydrogen-bond donors (Lipinski definition) is 1. The minimum absolute atomic E-state index is 0.214. The highest BCUT2D eigenvalue weighted by Crippen LogP contribution is 2.14. The maximum atomic E-state index is 9.69. The average molecular weight is 218 g/mol. The summed E-state index contributed by atoms with van der Waals surface area (Å²) in [5.41, 5.74) is 0. The van der Waals surface area contributed by atoms with Crippen molar-refractivity contribution in [1.29, 1.82) is 0 Å². The van der Waals surface area contributed by atoms with Gasteiger partial charge in [-0.2, -0.15) is 0 Å². The summed E-state index contributed by atoms with van der Waals surface area (Å²) in [6.07, 6.45) is 3.80. The number of rotatable bonds is 10. The molecule has 0 saturated carbocycles. The van der Waals surface area contributed by atoms with Gasteiger partial charge in [0.25, 0.3) is 0 Å². The van der Waals surface area contributed by atoms with E-state index in [1.807, 2.05) is 0 Å². The van der Waals surface area contributed by atoms with E-state index in [0.29, 0.717) is 25.7 Å². The Balaban J connectivity index is 3.28. The van der Waals surface area contributed by atoms with Gasteiger partial charge in [-0.15, -0.1) is 0 Å². The zero-order valence-corrected chi connectivity index (χ0v) is 10.4. The summed E-state index contributed by atoms with van der Waals surface area (Å²) >= 11 is 0. The molecular weight excluding hydrogens is 192 g/mol. The topological polar surface area (TPSA) is 38.7 Å². The molecule has 0 saturated heterocycles. The van der Waals surface area contributed by atoms with Gasteiger partial charge in [0.05, 0.1) is 19.3 Å². The molecule has 0 aliphatic carbocycles. The lowest BCUT2D eigenvalue weighted by molar-refractivity contribution is 0.0423. The monoisotopic (exact) mass is 218 g/mol. The van der Waals surface area contributed by atoms with Crippen LogP contribution in [0.2, 0.25) is 0 Å². The van der Waals surface area contributed by atoms with E-state index < -0.39 is 0 Å². The summed E-state index contributed by atoms with van der Waals surface area (Å²) in [7, 11) is 1.66. The van der Waals surface area contributed by atoms with Gasteiger partial charge in [-0.1, -0.05) is 26.7 Å². The minimum Gasteiger partial charge on any atom is -0.393 e. The zero-order chi connectivity index (χ0) is 11.5. The van der Waals surface area contributed by atoms with Crippen LogP contribution in [0.1, 0.15) is 39.5 Å². The first-order valence-electron chi connectivity index (χ1n) is 5.95. The first-order valence-corrected chi connectivity index (χ1v) is 5.95. The fraction of sp³-hybridized carbons (Fsp3) is 1.00. The van der Waals surface area contributed by atoms with Gasteiger partial charge in [-0.25, -0.2) is 0 Å². The molecule has 0 aliphatic heterocycles. The van der Waals surface area contributed by atoms with Crippen molar-refractivity contribution < 1.29 is 14.6 Å². The molecule has 0 aromatic carbocycles. The van der Waals surface area contributed by atoms with Crippen molar-refractivity contribution in [3.05, 3.63) is 0 Å². The van der Waals surface area contributed by atoms with Crippen LogP contribution in [-0.2, 0) is 9.47 Å². The van der Waals surface area contributed by atoms with Gasteiger partial charge < -0.3 is 14.6 Å². The summed E-state index contributed by atoms with van der Waals surface area (Å²) in [5, 5.41) is 9.69. The molecule has 92 valence electrons. The Morgan fingerprint density at radius 1 is 1.13 bits per heavy atom. The maximum Gasteiger partial charge on any atom is 0.0700 e. The molecule has 1 N–H and O–H groups in total. The molecule has 3 nitrogen and oxygen atoms in total. The fourth-order valence-corrected chi connectivity index (χ4v) is 1.66. The molecule has 0 aromatic heterocycles. The van der Waals surface area contributed by atoms with Crippen LogP contribution in [0.25, 0.3) is 0 Å². The van der Waals surface area contributed by atoms with Crippen molar-refractivity contribution in [3.63, 3.8) is 0 Å². The zero-order valence-electron chi connectivity index (χ0n) is 10.4. The third-order valence-electron chi connectivity index (χ3n) is 2.48. The molecule has 0 amide bonds. The molecular formula is C12H26O3. The van der Waals surface area contributed by atoms with Crippen molar-refractivity contribution in [2.75, 3.05) is 26.9 Å². The Morgan fingerprint density at radius 3 is 2.47 bits per heavy atom. The predicted octanol–water partition coefficient (Wildman–Crippen LogP) is 2.23. The maximum absolute atomic E-state index is 9.69. The molecule has 0 heterocycles. The van der Waals surface area contributed by atoms with E-state index in [-0.39, 0.29) is 6.10 Å². The van der Waals surface area contributed by atoms with Crippen LogP contribution in [0.5, 0.6) is 0 Å². The van der Waals surface area contributed by atoms with Gasteiger partial charge in [0.2, 0.25) is 0 Å². The summed E-state index contributed by atoms with van der Waals surface area (Å²) in [6, 6.07) is 0. The van der Waals surface area contributed by atoms with Crippen molar-refractivity contribution >= 4 is 0 Å². The van der Waals surface area contributed by atoms with Gasteiger partial charge in [-0.05, 0) is 18.8 Å². The van der Waals surface area contributed by atoms with Crippen LogP contribution >= 0.6 is 0 Å². The highest BCUT2D eigenvalue weighted by molar-refractivity contribution is 4.61. The molecule has 0 aromatic rings. The van der Waals surface area contributed by atoms with Gasteiger partial charge in [0.1, 0.15) is 0 Å². The molecule has 0 aliphatic rings. The standard InChI is InChI=1S/C12H26O3/c1-4-5-11(2)10-12(13)6-7-15-9-8-14-3/h11-13H,4-10H2,1-3H3. The smallest absolute Gasteiger partial charge is 0.0700 e. The molecule has 15 heavy (non-hydrogen) atoms. The van der Waals surface area contributed by atoms with E-state index in [1.54, 1.807) is 7.11 Å². The summed E-state index contributed by atoms with van der Waals surface area (Å²) in [4.78, 5) is 0. The van der Waals surface area contributed by atoms with E-state index in [1.165, 1.54) is 12.8 Å². The highest BCUT2D eigenvalue weighted by Gasteiger charge is 2.09. The largest absolute Gasteiger partial charge is 0.393 e. The molecule has 0 bridgehead atoms. The molecule has 0 radical (unpaired) electrons. The Bertz CT molecular complexity index is 128. The van der Waals surface area contributed by atoms with Crippen LogP contribution < -0.4 is 0 Å². The van der Waals surface area contributed by atoms with Gasteiger partial charge in [-0.3, -0.25) is 0 Å². The number of aliphatic hydroxyl groups is 1. The number of ether oxygens (including phenoxy) is 2. The second-order valence-corrected chi connectivity index (χ2v) is 4.18. The predicted molar refractivity (Wildman–Crippen MR) is 62.0 cm³/mol. The van der Waals surface area contributed by atoms with E-state index >= 15 is 0 Å². The van der Waals surface area contributed by atoms with Crippen LogP contribution in [-0.4, -0.2) is 38.1 Å². The van der Waals surface area contributed by atoms with Crippen LogP contribution in [0.4, 0.5) is 0 Å². The SMILES string of the molecule is CCCC(C)CC(O)CCOCCOC. The third-order valence-corrected chi connectivity index (χ3v) is 2.48. The summed E-state index contributed by atoms with van der Waals surface area (Å²) < 4.78 is 10.2. The molecule has 0 rings (SSSR count). The quantitative estimate of drug-likeness (QED) is 0.571. The number of aliphatic hydroxyl groups excluding tert-OH is 1. The second kappa shape index (κ2) is 10.4. The molecule has 0 fully saturated rings. The van der Waals surface area contributed by atoms with E-state index in [2.05, 4.69) is 13.8 Å². The minimum atomic E-state index is -0.214. The Kier molecular flexibility index (Phi) is 10.3. The van der Waals surface area contributed by atoms with Crippen LogP contribution in [0.15, 0.2) is 0 Å². The molecule has 3 heteroatoms. The second-order valence-electron chi connectivity index (χ2n) is 4.18. The van der Waals surface area contributed by atoms with Crippen molar-refractivity contribution in [2.45, 2.75) is 45.6 Å². The first kappa shape index (κ1) is 14.9. The lowest BCUT2D eigenvalue weighted by atomic mass is 9.97. The average Bonchev–Trinajstić information content (AvgIpc) is 2.17. The number of methoxy groups -OCH3 is 1. The number of hydrogen-bond acceptors (Lipinski definition) is 3. The van der Waals surface area contributed by atoms with Crippen molar-refractivity contribution in [2.24, 2.45) is 5.92 Å². The Hall–Kier alpha value is -0.120. The lowest BCUT2D eigenvalue weighted by Crippen LogP contribution is -2.15.